The predicted molar refractivity (Wildman–Crippen MR) is 67.2 cm³/mol. The van der Waals surface area contributed by atoms with Crippen molar-refractivity contribution < 1.29 is 14.3 Å². The van der Waals surface area contributed by atoms with Crippen LogP contribution in [0.15, 0.2) is 30.3 Å². The molecule has 0 aliphatic carbocycles. The van der Waals surface area contributed by atoms with E-state index in [2.05, 4.69) is 10.6 Å². The summed E-state index contributed by atoms with van der Waals surface area (Å²) in [6.07, 6.45) is -0.406. The zero-order valence-electron chi connectivity index (χ0n) is 10.2. The number of carbonyl (C=O) groups is 1. The van der Waals surface area contributed by atoms with Gasteiger partial charge in [-0.3, -0.25) is 0 Å². The fourth-order valence-corrected chi connectivity index (χ4v) is 1.73. The number of hydrogen-bond donors (Lipinski definition) is 2. The summed E-state index contributed by atoms with van der Waals surface area (Å²) in [4.78, 5) is 11.6. The van der Waals surface area contributed by atoms with Gasteiger partial charge in [0.1, 0.15) is 6.61 Å². The molecule has 1 fully saturated rings. The second-order valence-corrected chi connectivity index (χ2v) is 4.18. The number of benzene rings is 1. The molecule has 18 heavy (non-hydrogen) atoms. The average Bonchev–Trinajstić information content (AvgIpc) is 2.66. The maximum atomic E-state index is 11.6. The van der Waals surface area contributed by atoms with Crippen LogP contribution in [0, 0.1) is 0 Å². The first kappa shape index (κ1) is 12.9. The van der Waals surface area contributed by atoms with Gasteiger partial charge >= 0.3 is 6.09 Å². The third-order valence-corrected chi connectivity index (χ3v) is 2.67. The SMILES string of the molecule is O=C(NC1CNCCOC1)OCc1ccccc1. The first-order chi connectivity index (χ1) is 8.84. The lowest BCUT2D eigenvalue weighted by molar-refractivity contribution is 0.112. The zero-order valence-corrected chi connectivity index (χ0v) is 10.2. The lowest BCUT2D eigenvalue weighted by Crippen LogP contribution is -2.43. The standard InChI is InChI=1S/C13H18N2O3/c16-13(15-12-8-14-6-7-17-10-12)18-9-11-4-2-1-3-5-11/h1-5,12,14H,6-10H2,(H,15,16). The van der Waals surface area contributed by atoms with Gasteiger partial charge in [-0.15, -0.1) is 0 Å². The number of amides is 1. The first-order valence-corrected chi connectivity index (χ1v) is 6.10. The van der Waals surface area contributed by atoms with Crippen molar-refractivity contribution in [2.45, 2.75) is 12.6 Å². The monoisotopic (exact) mass is 250 g/mol. The van der Waals surface area contributed by atoms with Gasteiger partial charge in [-0.2, -0.15) is 0 Å². The van der Waals surface area contributed by atoms with Gasteiger partial charge < -0.3 is 20.1 Å². The summed E-state index contributed by atoms with van der Waals surface area (Å²) in [5.74, 6) is 0. The number of nitrogens with one attached hydrogen (secondary N) is 2. The van der Waals surface area contributed by atoms with Gasteiger partial charge in [-0.05, 0) is 5.56 Å². The summed E-state index contributed by atoms with van der Waals surface area (Å²) in [5, 5.41) is 5.96. The highest BCUT2D eigenvalue weighted by Gasteiger charge is 2.15. The normalized spacial score (nSPS) is 19.9. The Bertz CT molecular complexity index is 362. The molecule has 1 saturated heterocycles. The molecule has 0 saturated carbocycles. The molecule has 1 aliphatic rings. The predicted octanol–water partition coefficient (Wildman–Crippen LogP) is 0.901. The lowest BCUT2D eigenvalue weighted by atomic mass is 10.2. The fraction of sp³-hybridized carbons (Fsp3) is 0.462. The molecule has 5 nitrogen and oxygen atoms in total. The van der Waals surface area contributed by atoms with E-state index in [4.69, 9.17) is 9.47 Å². The van der Waals surface area contributed by atoms with Crippen LogP contribution in [0.4, 0.5) is 4.79 Å². The van der Waals surface area contributed by atoms with Gasteiger partial charge in [0, 0.05) is 13.1 Å². The van der Waals surface area contributed by atoms with E-state index in [-0.39, 0.29) is 12.6 Å². The molecule has 1 aromatic carbocycles. The summed E-state index contributed by atoms with van der Waals surface area (Å²) >= 11 is 0. The highest BCUT2D eigenvalue weighted by atomic mass is 16.5. The van der Waals surface area contributed by atoms with Crippen LogP contribution in [0.3, 0.4) is 0 Å². The van der Waals surface area contributed by atoms with Crippen LogP contribution in [0.25, 0.3) is 0 Å². The third-order valence-electron chi connectivity index (χ3n) is 2.67. The van der Waals surface area contributed by atoms with Crippen LogP contribution in [-0.4, -0.2) is 38.4 Å². The Morgan fingerprint density at radius 1 is 1.44 bits per heavy atom. The summed E-state index contributed by atoms with van der Waals surface area (Å²) in [6, 6.07) is 9.57. The van der Waals surface area contributed by atoms with E-state index >= 15 is 0 Å². The fourth-order valence-electron chi connectivity index (χ4n) is 1.73. The molecule has 0 spiro atoms. The third kappa shape index (κ3) is 4.35. The molecule has 1 aromatic rings. The molecule has 2 rings (SSSR count). The number of rotatable bonds is 3. The molecule has 1 heterocycles. The summed E-state index contributed by atoms with van der Waals surface area (Å²) < 4.78 is 10.5. The Morgan fingerprint density at radius 3 is 3.11 bits per heavy atom. The largest absolute Gasteiger partial charge is 0.445 e. The lowest BCUT2D eigenvalue weighted by Gasteiger charge is -2.15. The average molecular weight is 250 g/mol. The van der Waals surface area contributed by atoms with Crippen molar-refractivity contribution in [3.8, 4) is 0 Å². The second kappa shape index (κ2) is 6.98. The van der Waals surface area contributed by atoms with Crippen molar-refractivity contribution in [1.82, 2.24) is 10.6 Å². The highest BCUT2D eigenvalue weighted by molar-refractivity contribution is 5.67. The molecule has 0 radical (unpaired) electrons. The van der Waals surface area contributed by atoms with E-state index in [0.717, 1.165) is 12.1 Å². The minimum absolute atomic E-state index is 0.0317. The van der Waals surface area contributed by atoms with Gasteiger partial charge in [0.15, 0.2) is 0 Å². The van der Waals surface area contributed by atoms with E-state index < -0.39 is 6.09 Å². The van der Waals surface area contributed by atoms with Crippen LogP contribution < -0.4 is 10.6 Å². The summed E-state index contributed by atoms with van der Waals surface area (Å²) in [5.41, 5.74) is 0.975. The Hall–Kier alpha value is -1.59. The van der Waals surface area contributed by atoms with Crippen molar-refractivity contribution in [2.24, 2.45) is 0 Å². The molecule has 2 N–H and O–H groups in total. The molecule has 1 atom stereocenters. The Kier molecular flexibility index (Phi) is 4.99. The van der Waals surface area contributed by atoms with Gasteiger partial charge in [-0.1, -0.05) is 30.3 Å². The molecule has 0 bridgehead atoms. The van der Waals surface area contributed by atoms with Crippen LogP contribution in [0.1, 0.15) is 5.56 Å². The highest BCUT2D eigenvalue weighted by Crippen LogP contribution is 2.01. The van der Waals surface area contributed by atoms with Crippen molar-refractivity contribution in [2.75, 3.05) is 26.3 Å². The van der Waals surface area contributed by atoms with Crippen molar-refractivity contribution in [1.29, 1.82) is 0 Å². The van der Waals surface area contributed by atoms with Crippen molar-refractivity contribution >= 4 is 6.09 Å². The van der Waals surface area contributed by atoms with E-state index in [1.165, 1.54) is 0 Å². The van der Waals surface area contributed by atoms with E-state index in [9.17, 15) is 4.79 Å². The van der Waals surface area contributed by atoms with Crippen molar-refractivity contribution in [3.05, 3.63) is 35.9 Å². The number of hydrogen-bond acceptors (Lipinski definition) is 4. The molecule has 5 heteroatoms. The molecular weight excluding hydrogens is 232 g/mol. The van der Waals surface area contributed by atoms with Gasteiger partial charge in [0.2, 0.25) is 0 Å². The quantitative estimate of drug-likeness (QED) is 0.837. The van der Waals surface area contributed by atoms with E-state index in [1.807, 2.05) is 30.3 Å². The molecular formula is C13H18N2O3. The van der Waals surface area contributed by atoms with Crippen LogP contribution >= 0.6 is 0 Å². The number of ether oxygens (including phenoxy) is 2. The summed E-state index contributed by atoms with van der Waals surface area (Å²) in [7, 11) is 0. The number of carbonyl (C=O) groups excluding carboxylic acids is 1. The zero-order chi connectivity index (χ0) is 12.6. The van der Waals surface area contributed by atoms with Gasteiger partial charge in [0.05, 0.1) is 19.3 Å². The smallest absolute Gasteiger partial charge is 0.407 e. The number of alkyl carbamates (subject to hydrolysis) is 1. The Balaban J connectivity index is 1.71. The van der Waals surface area contributed by atoms with Crippen LogP contribution in [0.2, 0.25) is 0 Å². The molecule has 0 aromatic heterocycles. The van der Waals surface area contributed by atoms with Crippen LogP contribution in [0.5, 0.6) is 0 Å². The second-order valence-electron chi connectivity index (χ2n) is 4.18. The van der Waals surface area contributed by atoms with Crippen molar-refractivity contribution in [3.63, 3.8) is 0 Å². The maximum Gasteiger partial charge on any atom is 0.407 e. The minimum Gasteiger partial charge on any atom is -0.445 e. The molecule has 1 amide bonds. The topological polar surface area (TPSA) is 59.6 Å². The minimum atomic E-state index is -0.406. The Morgan fingerprint density at radius 2 is 2.28 bits per heavy atom. The summed E-state index contributed by atoms with van der Waals surface area (Å²) in [6.45, 7) is 3.01. The Labute approximate surface area is 106 Å². The maximum absolute atomic E-state index is 11.6. The van der Waals surface area contributed by atoms with Gasteiger partial charge in [-0.25, -0.2) is 4.79 Å². The van der Waals surface area contributed by atoms with E-state index in [0.29, 0.717) is 19.8 Å². The first-order valence-electron chi connectivity index (χ1n) is 6.10. The molecule has 98 valence electrons. The van der Waals surface area contributed by atoms with Gasteiger partial charge in [0.25, 0.3) is 0 Å². The molecule has 1 unspecified atom stereocenters. The molecule has 1 aliphatic heterocycles. The van der Waals surface area contributed by atoms with Crippen LogP contribution in [-0.2, 0) is 16.1 Å². The van der Waals surface area contributed by atoms with E-state index in [1.54, 1.807) is 0 Å².